The smallest absolute Gasteiger partial charge is 0.241 e. The van der Waals surface area contributed by atoms with Gasteiger partial charge in [-0.05, 0) is 43.9 Å². The number of imide groups is 2. The minimum absolute atomic E-state index is 0.207. The Hall–Kier alpha value is -3.81. The number of allylic oxidation sites excluding steroid dienone is 2. The Kier molecular flexibility index (Phi) is 4.78. The molecule has 2 aliphatic carbocycles. The van der Waals surface area contributed by atoms with Crippen LogP contribution in [0.1, 0.15) is 31.2 Å². The third-order valence-corrected chi connectivity index (χ3v) is 8.84. The van der Waals surface area contributed by atoms with Gasteiger partial charge in [0, 0.05) is 18.5 Å². The van der Waals surface area contributed by atoms with Gasteiger partial charge in [-0.2, -0.15) is 0 Å². The van der Waals surface area contributed by atoms with Gasteiger partial charge in [0.1, 0.15) is 0 Å². The van der Waals surface area contributed by atoms with Gasteiger partial charge in [0.15, 0.2) is 11.6 Å². The first kappa shape index (κ1) is 22.6. The molecule has 2 aromatic rings. The van der Waals surface area contributed by atoms with Crippen molar-refractivity contribution >= 4 is 29.3 Å². The number of anilines is 1. The van der Waals surface area contributed by atoms with Gasteiger partial charge in [-0.3, -0.25) is 24.1 Å². The van der Waals surface area contributed by atoms with Gasteiger partial charge < -0.3 is 5.11 Å². The number of carbonyl (C=O) groups is 4. The van der Waals surface area contributed by atoms with E-state index in [0.29, 0.717) is 17.7 Å². The maximum atomic E-state index is 14.6. The Morgan fingerprint density at radius 1 is 0.944 bits per heavy atom. The second-order valence-electron chi connectivity index (χ2n) is 10.4. The van der Waals surface area contributed by atoms with E-state index in [1.165, 1.54) is 18.0 Å². The van der Waals surface area contributed by atoms with E-state index in [-0.39, 0.29) is 29.7 Å². The Balaban J connectivity index is 1.57. The fraction of sp³-hybridized carbons (Fsp3) is 0.357. The highest BCUT2D eigenvalue weighted by atomic mass is 19.1. The first-order valence-corrected chi connectivity index (χ1v) is 12.1. The van der Waals surface area contributed by atoms with Crippen LogP contribution in [0.4, 0.5) is 10.1 Å². The average Bonchev–Trinajstić information content (AvgIpc) is 3.21. The Morgan fingerprint density at radius 3 is 2.39 bits per heavy atom. The van der Waals surface area contributed by atoms with Gasteiger partial charge in [0.2, 0.25) is 23.6 Å². The summed E-state index contributed by atoms with van der Waals surface area (Å²) in [6.45, 7) is 1.70. The molecule has 0 bridgehead atoms. The molecule has 1 N–H and O–H groups in total. The third-order valence-electron chi connectivity index (χ3n) is 8.84. The van der Waals surface area contributed by atoms with Crippen LogP contribution in [0, 0.1) is 34.9 Å². The molecule has 8 heteroatoms. The third kappa shape index (κ3) is 2.72. The van der Waals surface area contributed by atoms with E-state index in [4.69, 9.17) is 0 Å². The van der Waals surface area contributed by atoms with E-state index in [2.05, 4.69) is 0 Å². The molecule has 7 nitrogen and oxygen atoms in total. The van der Waals surface area contributed by atoms with Gasteiger partial charge in [0.05, 0.1) is 28.9 Å². The van der Waals surface area contributed by atoms with Crippen molar-refractivity contribution in [2.24, 2.45) is 29.1 Å². The fourth-order valence-corrected chi connectivity index (χ4v) is 7.10. The lowest BCUT2D eigenvalue weighted by Crippen LogP contribution is -2.48. The zero-order valence-corrected chi connectivity index (χ0v) is 19.8. The molecule has 184 valence electrons. The molecular weight excluding hydrogens is 463 g/mol. The standard InChI is InChI=1S/C28H25FN2O5/c1-28-19(25(34)31(27(28)36)14-7-4-3-5-8-14)13-18-15(22(28)17-9-6-10-20(29)23(17)32)11-12-16-21(18)26(35)30(2)24(16)33/h3-11,16,18-19,21-22,32H,12-13H2,1-2H3. The molecule has 4 amide bonds. The number of hydrogen-bond donors (Lipinski definition) is 1. The number of para-hydroxylation sites is 2. The van der Waals surface area contributed by atoms with Gasteiger partial charge in [-0.1, -0.05) is 42.0 Å². The normalized spacial score (nSPS) is 33.4. The lowest BCUT2D eigenvalue weighted by Gasteiger charge is -2.49. The summed E-state index contributed by atoms with van der Waals surface area (Å²) < 4.78 is 14.6. The quantitative estimate of drug-likeness (QED) is 0.517. The van der Waals surface area contributed by atoms with Crippen LogP contribution in [-0.4, -0.2) is 40.7 Å². The molecule has 6 atom stereocenters. The summed E-state index contributed by atoms with van der Waals surface area (Å²) >= 11 is 0. The SMILES string of the molecule is CN1C(=O)C2CC=C3C(CC4C(=O)N(c5ccccc5)C(=O)C4(C)C3c3cccc(F)c3O)C2C1=O. The summed E-state index contributed by atoms with van der Waals surface area (Å²) in [6, 6.07) is 12.8. The van der Waals surface area contributed by atoms with Crippen LogP contribution in [-0.2, 0) is 19.2 Å². The van der Waals surface area contributed by atoms with Crippen molar-refractivity contribution in [3.05, 3.63) is 71.6 Å². The Morgan fingerprint density at radius 2 is 1.67 bits per heavy atom. The molecule has 6 rings (SSSR count). The number of likely N-dealkylation sites (tertiary alicyclic amines) is 1. The lowest BCUT2D eigenvalue weighted by molar-refractivity contribution is -0.138. The largest absolute Gasteiger partial charge is 0.505 e. The van der Waals surface area contributed by atoms with Crippen LogP contribution in [0.15, 0.2) is 60.2 Å². The monoisotopic (exact) mass is 488 g/mol. The second kappa shape index (κ2) is 7.59. The van der Waals surface area contributed by atoms with E-state index < -0.39 is 52.5 Å². The molecule has 0 aromatic heterocycles. The summed E-state index contributed by atoms with van der Waals surface area (Å²) in [7, 11) is 1.47. The first-order chi connectivity index (χ1) is 17.2. The van der Waals surface area contributed by atoms with Crippen molar-refractivity contribution < 1.29 is 28.7 Å². The van der Waals surface area contributed by atoms with Crippen molar-refractivity contribution in [1.29, 1.82) is 0 Å². The lowest BCUT2D eigenvalue weighted by atomic mass is 9.51. The van der Waals surface area contributed by atoms with Crippen molar-refractivity contribution in [2.45, 2.75) is 25.7 Å². The number of carbonyl (C=O) groups excluding carboxylic acids is 4. The van der Waals surface area contributed by atoms with Gasteiger partial charge in [-0.15, -0.1) is 0 Å². The summed E-state index contributed by atoms with van der Waals surface area (Å²) in [4.78, 5) is 56.2. The highest BCUT2D eigenvalue weighted by molar-refractivity contribution is 6.24. The molecule has 2 aliphatic heterocycles. The van der Waals surface area contributed by atoms with E-state index >= 15 is 0 Å². The number of halogens is 1. The second-order valence-corrected chi connectivity index (χ2v) is 10.4. The Bertz CT molecular complexity index is 1370. The molecule has 4 aliphatic rings. The molecule has 6 unspecified atom stereocenters. The molecule has 0 radical (unpaired) electrons. The van der Waals surface area contributed by atoms with Crippen LogP contribution < -0.4 is 4.90 Å². The highest BCUT2D eigenvalue weighted by Gasteiger charge is 2.67. The summed E-state index contributed by atoms with van der Waals surface area (Å²) in [5.74, 6) is -6.08. The summed E-state index contributed by atoms with van der Waals surface area (Å²) in [6.07, 6.45) is 2.40. The predicted molar refractivity (Wildman–Crippen MR) is 127 cm³/mol. The highest BCUT2D eigenvalue weighted by Crippen LogP contribution is 2.64. The van der Waals surface area contributed by atoms with E-state index in [1.807, 2.05) is 6.08 Å². The number of benzene rings is 2. The van der Waals surface area contributed by atoms with Gasteiger partial charge in [-0.25, -0.2) is 9.29 Å². The number of phenols is 1. The van der Waals surface area contributed by atoms with Crippen LogP contribution in [0.2, 0.25) is 0 Å². The molecule has 0 spiro atoms. The minimum Gasteiger partial charge on any atom is -0.505 e. The van der Waals surface area contributed by atoms with Crippen molar-refractivity contribution in [1.82, 2.24) is 4.90 Å². The van der Waals surface area contributed by atoms with E-state index in [0.717, 1.165) is 11.0 Å². The maximum absolute atomic E-state index is 14.6. The number of aromatic hydroxyl groups is 1. The predicted octanol–water partition coefficient (Wildman–Crippen LogP) is 3.39. The number of fused-ring (bicyclic) bond motifs is 4. The molecule has 3 fully saturated rings. The first-order valence-electron chi connectivity index (χ1n) is 12.1. The zero-order chi connectivity index (χ0) is 25.5. The van der Waals surface area contributed by atoms with Crippen LogP contribution in [0.3, 0.4) is 0 Å². The van der Waals surface area contributed by atoms with Gasteiger partial charge in [0.25, 0.3) is 0 Å². The number of hydrogen-bond acceptors (Lipinski definition) is 5. The minimum atomic E-state index is -1.31. The number of nitrogens with zero attached hydrogens (tertiary/aromatic N) is 2. The maximum Gasteiger partial charge on any atom is 0.241 e. The molecule has 2 aromatic carbocycles. The topological polar surface area (TPSA) is 95.0 Å². The van der Waals surface area contributed by atoms with Crippen molar-refractivity contribution in [3.8, 4) is 5.75 Å². The molecule has 2 saturated heterocycles. The van der Waals surface area contributed by atoms with Crippen LogP contribution in [0.25, 0.3) is 0 Å². The van der Waals surface area contributed by atoms with Crippen molar-refractivity contribution in [3.63, 3.8) is 0 Å². The number of phenolic OH excluding ortho intramolecular Hbond substituents is 1. The molecule has 1 saturated carbocycles. The molecule has 36 heavy (non-hydrogen) atoms. The van der Waals surface area contributed by atoms with Crippen LogP contribution in [0.5, 0.6) is 5.75 Å². The summed E-state index contributed by atoms with van der Waals surface area (Å²) in [5.41, 5.74) is 0.0406. The van der Waals surface area contributed by atoms with E-state index in [9.17, 15) is 28.7 Å². The fourth-order valence-electron chi connectivity index (χ4n) is 7.10. The van der Waals surface area contributed by atoms with Crippen molar-refractivity contribution in [2.75, 3.05) is 11.9 Å². The van der Waals surface area contributed by atoms with Gasteiger partial charge >= 0.3 is 0 Å². The zero-order valence-electron chi connectivity index (χ0n) is 19.8. The molecular formula is C28H25FN2O5. The van der Waals surface area contributed by atoms with E-state index in [1.54, 1.807) is 43.3 Å². The number of rotatable bonds is 2. The summed E-state index contributed by atoms with van der Waals surface area (Å²) in [5, 5.41) is 10.8. The van der Waals surface area contributed by atoms with Crippen LogP contribution >= 0.6 is 0 Å². The Labute approximate surface area is 207 Å². The molecule has 2 heterocycles. The number of amides is 4. The average molecular weight is 489 g/mol.